The number of carbonyl (C=O) groups is 1. The SMILES string of the molecule is O=Cc1c(Cl)cc(Cl)cc1-c1cccc(F)c1. The van der Waals surface area contributed by atoms with E-state index in [9.17, 15) is 9.18 Å². The summed E-state index contributed by atoms with van der Waals surface area (Å²) in [6, 6.07) is 8.99. The van der Waals surface area contributed by atoms with Crippen LogP contribution in [-0.2, 0) is 0 Å². The molecule has 0 fully saturated rings. The Morgan fingerprint density at radius 1 is 1.12 bits per heavy atom. The van der Waals surface area contributed by atoms with Gasteiger partial charge in [-0.2, -0.15) is 0 Å². The first-order valence-corrected chi connectivity index (χ1v) is 5.57. The molecule has 0 unspecified atom stereocenters. The summed E-state index contributed by atoms with van der Waals surface area (Å²) in [4.78, 5) is 11.0. The average molecular weight is 269 g/mol. The maximum absolute atomic E-state index is 13.1. The molecule has 0 N–H and O–H groups in total. The van der Waals surface area contributed by atoms with Crippen LogP contribution in [0.2, 0.25) is 10.0 Å². The summed E-state index contributed by atoms with van der Waals surface area (Å²) in [5, 5.41) is 0.659. The molecule has 0 spiro atoms. The Bertz CT molecular complexity index is 582. The van der Waals surface area contributed by atoms with E-state index in [0.717, 1.165) is 0 Å². The predicted molar refractivity (Wildman–Crippen MR) is 67.2 cm³/mol. The number of aldehydes is 1. The standard InChI is InChI=1S/C13H7Cl2FO/c14-9-5-11(12(7-17)13(15)6-9)8-2-1-3-10(16)4-8/h1-7H. The molecule has 0 bridgehead atoms. The van der Waals surface area contributed by atoms with Crippen LogP contribution in [0.3, 0.4) is 0 Å². The highest BCUT2D eigenvalue weighted by Gasteiger charge is 2.10. The van der Waals surface area contributed by atoms with Crippen LogP contribution in [0, 0.1) is 5.82 Å². The van der Waals surface area contributed by atoms with E-state index in [-0.39, 0.29) is 10.8 Å². The van der Waals surface area contributed by atoms with Crippen molar-refractivity contribution in [3.63, 3.8) is 0 Å². The molecule has 86 valence electrons. The lowest BCUT2D eigenvalue weighted by atomic mass is 10.0. The average Bonchev–Trinajstić information content (AvgIpc) is 2.28. The van der Waals surface area contributed by atoms with Crippen LogP contribution in [0.15, 0.2) is 36.4 Å². The van der Waals surface area contributed by atoms with E-state index in [1.807, 2.05) is 0 Å². The van der Waals surface area contributed by atoms with E-state index in [2.05, 4.69) is 0 Å². The molecular formula is C13H7Cl2FO. The maximum Gasteiger partial charge on any atom is 0.152 e. The molecule has 0 amide bonds. The molecule has 0 atom stereocenters. The molecule has 0 saturated carbocycles. The minimum absolute atomic E-state index is 0.256. The summed E-state index contributed by atoms with van der Waals surface area (Å²) >= 11 is 11.8. The van der Waals surface area contributed by atoms with Crippen LogP contribution < -0.4 is 0 Å². The van der Waals surface area contributed by atoms with Gasteiger partial charge < -0.3 is 0 Å². The highest BCUT2D eigenvalue weighted by atomic mass is 35.5. The number of carbonyl (C=O) groups excluding carboxylic acids is 1. The fourth-order valence-corrected chi connectivity index (χ4v) is 2.14. The van der Waals surface area contributed by atoms with Gasteiger partial charge in [-0.1, -0.05) is 35.3 Å². The van der Waals surface area contributed by atoms with Gasteiger partial charge in [0, 0.05) is 10.6 Å². The molecule has 0 radical (unpaired) electrons. The second-order valence-electron chi connectivity index (χ2n) is 3.48. The fourth-order valence-electron chi connectivity index (χ4n) is 1.60. The third-order valence-corrected chi connectivity index (χ3v) is 2.88. The zero-order chi connectivity index (χ0) is 12.4. The summed E-state index contributed by atoms with van der Waals surface area (Å²) in [5.41, 5.74) is 1.40. The molecule has 2 rings (SSSR count). The predicted octanol–water partition coefficient (Wildman–Crippen LogP) is 4.61. The molecule has 0 aromatic heterocycles. The van der Waals surface area contributed by atoms with Crippen LogP contribution in [0.4, 0.5) is 4.39 Å². The minimum Gasteiger partial charge on any atom is -0.298 e. The van der Waals surface area contributed by atoms with Gasteiger partial charge in [-0.05, 0) is 35.4 Å². The van der Waals surface area contributed by atoms with E-state index in [4.69, 9.17) is 23.2 Å². The Morgan fingerprint density at radius 2 is 1.88 bits per heavy atom. The van der Waals surface area contributed by atoms with Gasteiger partial charge in [0.15, 0.2) is 6.29 Å². The monoisotopic (exact) mass is 268 g/mol. The summed E-state index contributed by atoms with van der Waals surface area (Å²) in [7, 11) is 0. The van der Waals surface area contributed by atoms with Crippen LogP contribution in [0.25, 0.3) is 11.1 Å². The number of hydrogen-bond donors (Lipinski definition) is 0. The lowest BCUT2D eigenvalue weighted by Crippen LogP contribution is -1.90. The van der Waals surface area contributed by atoms with E-state index >= 15 is 0 Å². The van der Waals surface area contributed by atoms with Crippen molar-refractivity contribution in [2.45, 2.75) is 0 Å². The second-order valence-corrected chi connectivity index (χ2v) is 4.32. The van der Waals surface area contributed by atoms with Gasteiger partial charge in [0.05, 0.1) is 5.02 Å². The number of halogens is 3. The van der Waals surface area contributed by atoms with Gasteiger partial charge in [-0.3, -0.25) is 4.79 Å². The number of hydrogen-bond acceptors (Lipinski definition) is 1. The first kappa shape index (κ1) is 12.1. The van der Waals surface area contributed by atoms with E-state index < -0.39 is 0 Å². The van der Waals surface area contributed by atoms with Gasteiger partial charge in [-0.15, -0.1) is 0 Å². The van der Waals surface area contributed by atoms with Crippen LogP contribution in [-0.4, -0.2) is 6.29 Å². The molecule has 2 aromatic carbocycles. The van der Waals surface area contributed by atoms with Gasteiger partial charge in [0.1, 0.15) is 5.82 Å². The lowest BCUT2D eigenvalue weighted by Gasteiger charge is -2.08. The summed E-state index contributed by atoms with van der Waals surface area (Å²) in [5.74, 6) is -0.379. The van der Waals surface area contributed by atoms with Gasteiger partial charge in [0.25, 0.3) is 0 Å². The Balaban J connectivity index is 2.70. The lowest BCUT2D eigenvalue weighted by molar-refractivity contribution is 0.112. The maximum atomic E-state index is 13.1. The summed E-state index contributed by atoms with van der Waals surface area (Å²) in [6.45, 7) is 0. The molecule has 0 aliphatic carbocycles. The smallest absolute Gasteiger partial charge is 0.152 e. The third kappa shape index (κ3) is 2.48. The Kier molecular flexibility index (Phi) is 3.46. The first-order chi connectivity index (χ1) is 8.11. The van der Waals surface area contributed by atoms with Crippen molar-refractivity contribution in [3.8, 4) is 11.1 Å². The zero-order valence-corrected chi connectivity index (χ0v) is 10.1. The molecule has 17 heavy (non-hydrogen) atoms. The molecule has 4 heteroatoms. The highest BCUT2D eigenvalue weighted by Crippen LogP contribution is 2.31. The van der Waals surface area contributed by atoms with Crippen molar-refractivity contribution < 1.29 is 9.18 Å². The molecule has 0 aliphatic heterocycles. The topological polar surface area (TPSA) is 17.1 Å². The molecular weight excluding hydrogens is 262 g/mol. The van der Waals surface area contributed by atoms with E-state index in [1.54, 1.807) is 18.2 Å². The van der Waals surface area contributed by atoms with Gasteiger partial charge in [-0.25, -0.2) is 4.39 Å². The summed E-state index contributed by atoms with van der Waals surface area (Å²) < 4.78 is 13.1. The van der Waals surface area contributed by atoms with Gasteiger partial charge in [0.2, 0.25) is 0 Å². The highest BCUT2D eigenvalue weighted by molar-refractivity contribution is 6.37. The van der Waals surface area contributed by atoms with E-state index in [1.165, 1.54) is 18.2 Å². The molecule has 0 aliphatic rings. The van der Waals surface area contributed by atoms with Crippen molar-refractivity contribution in [3.05, 3.63) is 57.8 Å². The minimum atomic E-state index is -0.379. The van der Waals surface area contributed by atoms with E-state index in [0.29, 0.717) is 28.0 Å². The van der Waals surface area contributed by atoms with Gasteiger partial charge >= 0.3 is 0 Å². The first-order valence-electron chi connectivity index (χ1n) is 4.82. The van der Waals surface area contributed by atoms with Crippen molar-refractivity contribution in [2.75, 3.05) is 0 Å². The normalized spacial score (nSPS) is 10.3. The van der Waals surface area contributed by atoms with Crippen molar-refractivity contribution in [2.24, 2.45) is 0 Å². The molecule has 0 heterocycles. The molecule has 0 saturated heterocycles. The van der Waals surface area contributed by atoms with Crippen molar-refractivity contribution in [1.82, 2.24) is 0 Å². The largest absolute Gasteiger partial charge is 0.298 e. The quantitative estimate of drug-likeness (QED) is 0.727. The van der Waals surface area contributed by atoms with Crippen molar-refractivity contribution in [1.29, 1.82) is 0 Å². The van der Waals surface area contributed by atoms with Crippen LogP contribution in [0.5, 0.6) is 0 Å². The summed E-state index contributed by atoms with van der Waals surface area (Å²) in [6.07, 6.45) is 0.638. The fraction of sp³-hybridized carbons (Fsp3) is 0. The Morgan fingerprint density at radius 3 is 2.53 bits per heavy atom. The number of benzene rings is 2. The molecule has 2 aromatic rings. The Hall–Kier alpha value is -1.38. The zero-order valence-electron chi connectivity index (χ0n) is 8.58. The second kappa shape index (κ2) is 4.86. The van der Waals surface area contributed by atoms with Crippen LogP contribution >= 0.6 is 23.2 Å². The van der Waals surface area contributed by atoms with Crippen molar-refractivity contribution >= 4 is 29.5 Å². The Labute approximate surface area is 108 Å². The number of rotatable bonds is 2. The third-order valence-electron chi connectivity index (χ3n) is 2.35. The van der Waals surface area contributed by atoms with Crippen LogP contribution in [0.1, 0.15) is 10.4 Å². The molecule has 1 nitrogen and oxygen atoms in total.